The standard InChI is InChI=1S/C17H22F2O8S/c18-17(19,28-27-26-23)15(22)24-8-13(20)4-14(21)25-9-16-5-10-1-11(6-16)3-12(2-10)7-16/h10-12,23H,1-9H2. The lowest BCUT2D eigenvalue weighted by molar-refractivity contribution is -0.433. The Labute approximate surface area is 164 Å². The lowest BCUT2D eigenvalue weighted by Gasteiger charge is -2.56. The molecular weight excluding hydrogens is 402 g/mol. The summed E-state index contributed by atoms with van der Waals surface area (Å²) in [5, 5.41) is 6.59. The van der Waals surface area contributed by atoms with Gasteiger partial charge in [0.15, 0.2) is 12.4 Å². The van der Waals surface area contributed by atoms with Gasteiger partial charge in [0.25, 0.3) is 0 Å². The highest BCUT2D eigenvalue weighted by Gasteiger charge is 2.51. The van der Waals surface area contributed by atoms with Crippen LogP contribution in [0.3, 0.4) is 0 Å². The molecule has 0 aromatic heterocycles. The van der Waals surface area contributed by atoms with Crippen LogP contribution in [0.15, 0.2) is 0 Å². The molecule has 8 nitrogen and oxygen atoms in total. The second-order valence-electron chi connectivity index (χ2n) is 8.11. The maximum absolute atomic E-state index is 13.2. The second kappa shape index (κ2) is 8.60. The zero-order valence-corrected chi connectivity index (χ0v) is 15.9. The molecular formula is C17H22F2O8S. The van der Waals surface area contributed by atoms with Crippen molar-refractivity contribution in [3.05, 3.63) is 0 Å². The predicted octanol–water partition coefficient (Wildman–Crippen LogP) is 2.91. The van der Waals surface area contributed by atoms with Crippen molar-refractivity contribution < 1.29 is 47.3 Å². The number of carbonyl (C=O) groups is 3. The molecule has 4 saturated carbocycles. The fourth-order valence-electron chi connectivity index (χ4n) is 5.29. The second-order valence-corrected chi connectivity index (χ2v) is 8.93. The van der Waals surface area contributed by atoms with Gasteiger partial charge in [-0.25, -0.2) is 10.1 Å². The average molecular weight is 424 g/mol. The van der Waals surface area contributed by atoms with Gasteiger partial charge in [-0.3, -0.25) is 9.59 Å². The highest BCUT2D eigenvalue weighted by Crippen LogP contribution is 2.60. The van der Waals surface area contributed by atoms with Gasteiger partial charge in [0.2, 0.25) is 0 Å². The Kier molecular flexibility index (Phi) is 6.58. The molecule has 11 heteroatoms. The van der Waals surface area contributed by atoms with Crippen molar-refractivity contribution in [2.24, 2.45) is 23.2 Å². The van der Waals surface area contributed by atoms with Gasteiger partial charge in [0.05, 0.1) is 6.61 Å². The Morgan fingerprint density at radius 2 is 1.61 bits per heavy atom. The van der Waals surface area contributed by atoms with Gasteiger partial charge in [-0.1, -0.05) is 5.04 Å². The van der Waals surface area contributed by atoms with Gasteiger partial charge in [0.1, 0.15) is 18.5 Å². The highest BCUT2D eigenvalue weighted by molar-refractivity contribution is 7.96. The van der Waals surface area contributed by atoms with Crippen molar-refractivity contribution in [1.29, 1.82) is 0 Å². The lowest BCUT2D eigenvalue weighted by atomic mass is 9.50. The summed E-state index contributed by atoms with van der Waals surface area (Å²) in [6, 6.07) is 0. The lowest BCUT2D eigenvalue weighted by Crippen LogP contribution is -2.48. The molecule has 0 unspecified atom stereocenters. The molecule has 0 saturated heterocycles. The largest absolute Gasteiger partial charge is 0.465 e. The molecule has 0 atom stereocenters. The fourth-order valence-corrected chi connectivity index (χ4v) is 5.53. The quantitative estimate of drug-likeness (QED) is 0.186. The monoisotopic (exact) mass is 424 g/mol. The molecule has 0 heterocycles. The van der Waals surface area contributed by atoms with Crippen LogP contribution in [-0.2, 0) is 33.2 Å². The van der Waals surface area contributed by atoms with E-state index in [4.69, 9.17) is 9.99 Å². The van der Waals surface area contributed by atoms with Crippen LogP contribution in [0.4, 0.5) is 8.78 Å². The minimum atomic E-state index is -4.19. The van der Waals surface area contributed by atoms with E-state index >= 15 is 0 Å². The van der Waals surface area contributed by atoms with Crippen LogP contribution in [0.1, 0.15) is 44.9 Å². The number of rotatable bonds is 10. The van der Waals surface area contributed by atoms with E-state index in [0.717, 1.165) is 19.3 Å². The van der Waals surface area contributed by atoms with E-state index in [1.807, 2.05) is 0 Å². The summed E-state index contributed by atoms with van der Waals surface area (Å²) < 4.78 is 39.3. The Balaban J connectivity index is 1.38. The van der Waals surface area contributed by atoms with Gasteiger partial charge in [-0.2, -0.15) is 8.78 Å². The van der Waals surface area contributed by atoms with E-state index in [9.17, 15) is 23.2 Å². The van der Waals surface area contributed by atoms with Gasteiger partial charge >= 0.3 is 17.2 Å². The number of hydrogen-bond acceptors (Lipinski definition) is 9. The number of Topliss-reactive ketones (excluding diaryl/α,β-unsaturated/α-hetero) is 1. The molecule has 28 heavy (non-hydrogen) atoms. The molecule has 0 aliphatic heterocycles. The summed E-state index contributed by atoms with van der Waals surface area (Å²) in [7, 11) is 0. The van der Waals surface area contributed by atoms with Crippen molar-refractivity contribution in [1.82, 2.24) is 0 Å². The number of esters is 2. The third-order valence-electron chi connectivity index (χ3n) is 5.82. The summed E-state index contributed by atoms with van der Waals surface area (Å²) in [5.41, 5.74) is 0.00792. The number of ketones is 1. The summed E-state index contributed by atoms with van der Waals surface area (Å²) in [6.45, 7) is -0.725. The van der Waals surface area contributed by atoms with Crippen molar-refractivity contribution in [2.45, 2.75) is 50.2 Å². The maximum atomic E-state index is 13.2. The zero-order valence-electron chi connectivity index (χ0n) is 15.1. The fraction of sp³-hybridized carbons (Fsp3) is 0.824. The number of halogens is 2. The molecule has 4 aliphatic rings. The summed E-state index contributed by atoms with van der Waals surface area (Å²) in [5.74, 6) is -1.58. The van der Waals surface area contributed by atoms with Crippen LogP contribution in [-0.4, -0.2) is 41.4 Å². The molecule has 0 aromatic carbocycles. The molecule has 4 fully saturated rings. The Morgan fingerprint density at radius 1 is 1.04 bits per heavy atom. The Morgan fingerprint density at radius 3 is 2.14 bits per heavy atom. The van der Waals surface area contributed by atoms with Crippen molar-refractivity contribution in [3.8, 4) is 0 Å². The average Bonchev–Trinajstić information content (AvgIpc) is 2.62. The van der Waals surface area contributed by atoms with Gasteiger partial charge in [-0.05, 0) is 56.3 Å². The number of carbonyl (C=O) groups excluding carboxylic acids is 3. The van der Waals surface area contributed by atoms with E-state index in [1.165, 1.54) is 19.3 Å². The first-order chi connectivity index (χ1) is 13.2. The molecule has 4 rings (SSSR count). The van der Waals surface area contributed by atoms with Gasteiger partial charge < -0.3 is 9.47 Å². The van der Waals surface area contributed by atoms with E-state index in [2.05, 4.69) is 14.1 Å². The molecule has 0 amide bonds. The summed E-state index contributed by atoms with van der Waals surface area (Å²) in [6.07, 6.45) is 6.26. The number of ether oxygens (including phenoxy) is 2. The van der Waals surface area contributed by atoms with Gasteiger partial charge in [-0.15, -0.1) is 4.33 Å². The van der Waals surface area contributed by atoms with Crippen LogP contribution < -0.4 is 0 Å². The first-order valence-electron chi connectivity index (χ1n) is 9.10. The molecule has 0 aromatic rings. The minimum absolute atomic E-state index is 0.00792. The van der Waals surface area contributed by atoms with Crippen LogP contribution in [0.25, 0.3) is 0 Å². The molecule has 158 valence electrons. The van der Waals surface area contributed by atoms with Crippen LogP contribution in [0.5, 0.6) is 0 Å². The Bertz CT molecular complexity index is 591. The van der Waals surface area contributed by atoms with Crippen molar-refractivity contribution in [2.75, 3.05) is 13.2 Å². The summed E-state index contributed by atoms with van der Waals surface area (Å²) in [4.78, 5) is 34.8. The smallest absolute Gasteiger partial charge is 0.415 e. The molecule has 1 N–H and O–H groups in total. The number of hydrogen-bond donors (Lipinski definition) is 1. The molecule has 4 aliphatic carbocycles. The predicted molar refractivity (Wildman–Crippen MR) is 89.5 cm³/mol. The zero-order chi connectivity index (χ0) is 20.4. The first kappa shape index (κ1) is 21.4. The topological polar surface area (TPSA) is 108 Å². The number of alkyl halides is 2. The molecule has 0 spiro atoms. The highest BCUT2D eigenvalue weighted by atomic mass is 32.2. The SMILES string of the molecule is O=C(COC(=O)C(F)(F)SOOO)CC(=O)OCC12CC3CC(CC(C3)C1)C2. The van der Waals surface area contributed by atoms with Crippen molar-refractivity contribution in [3.63, 3.8) is 0 Å². The van der Waals surface area contributed by atoms with Crippen LogP contribution in [0.2, 0.25) is 0 Å². The normalized spacial score (nSPS) is 30.9. The molecule has 0 radical (unpaired) electrons. The van der Waals surface area contributed by atoms with Gasteiger partial charge in [0, 0.05) is 5.41 Å². The minimum Gasteiger partial charge on any atom is -0.465 e. The van der Waals surface area contributed by atoms with Crippen molar-refractivity contribution >= 4 is 29.8 Å². The van der Waals surface area contributed by atoms with E-state index in [-0.39, 0.29) is 12.0 Å². The third-order valence-corrected chi connectivity index (χ3v) is 6.32. The Hall–Kier alpha value is -1.30. The third kappa shape index (κ3) is 5.19. The molecule has 4 bridgehead atoms. The van der Waals surface area contributed by atoms with Crippen LogP contribution in [0, 0.1) is 23.2 Å². The van der Waals surface area contributed by atoms with E-state index in [1.54, 1.807) is 0 Å². The van der Waals surface area contributed by atoms with Crippen LogP contribution >= 0.6 is 12.0 Å². The maximum Gasteiger partial charge on any atom is 0.415 e. The van der Waals surface area contributed by atoms with E-state index < -0.39 is 48.0 Å². The summed E-state index contributed by atoms with van der Waals surface area (Å²) >= 11 is -0.795. The van der Waals surface area contributed by atoms with E-state index in [0.29, 0.717) is 17.8 Å². The first-order valence-corrected chi connectivity index (χ1v) is 9.84.